The van der Waals surface area contributed by atoms with E-state index in [9.17, 15) is 24.1 Å². The first-order chi connectivity index (χ1) is 15.9. The van der Waals surface area contributed by atoms with E-state index in [2.05, 4.69) is 5.32 Å². The van der Waals surface area contributed by atoms with E-state index in [4.69, 9.17) is 4.52 Å². The standard InChI is InChI=1S/C24H27N2O6P/c1-17(23(28)26-16-8-13-20(26)24(29)30)32-33(31)21(15-14-18-9-4-2-5-10-18)25-22(27)19-11-6-3-7-12-19/h2-7,9-12,17,20-21H,8,13-16H2,1H3,(H-,25,27,29,30)/p+1/t17?,20-,21-/m0/s1. The third kappa shape index (κ3) is 6.70. The van der Waals surface area contributed by atoms with Crippen LogP contribution >= 0.6 is 8.03 Å². The molecule has 2 amide bonds. The number of aliphatic carboxylic acids is 1. The van der Waals surface area contributed by atoms with Crippen LogP contribution in [0.15, 0.2) is 60.7 Å². The summed E-state index contributed by atoms with van der Waals surface area (Å²) in [5.41, 5.74) is 1.45. The van der Waals surface area contributed by atoms with Crippen molar-refractivity contribution in [3.05, 3.63) is 71.8 Å². The van der Waals surface area contributed by atoms with Crippen LogP contribution in [0.2, 0.25) is 0 Å². The molecule has 0 saturated carbocycles. The van der Waals surface area contributed by atoms with Crippen molar-refractivity contribution < 1.29 is 28.6 Å². The van der Waals surface area contributed by atoms with Crippen LogP contribution in [0, 0.1) is 0 Å². The van der Waals surface area contributed by atoms with Gasteiger partial charge in [-0.3, -0.25) is 9.59 Å². The van der Waals surface area contributed by atoms with Gasteiger partial charge in [0.2, 0.25) is 0 Å². The van der Waals surface area contributed by atoms with Crippen molar-refractivity contribution in [2.45, 2.75) is 50.5 Å². The number of amides is 2. The first kappa shape index (κ1) is 24.6. The lowest BCUT2D eigenvalue weighted by molar-refractivity contribution is -0.150. The lowest BCUT2D eigenvalue weighted by Gasteiger charge is -2.23. The van der Waals surface area contributed by atoms with Gasteiger partial charge in [0.05, 0.1) is 0 Å². The normalized spacial score (nSPS) is 17.8. The maximum atomic E-state index is 13.1. The summed E-state index contributed by atoms with van der Waals surface area (Å²) in [5.74, 6) is -2.78. The van der Waals surface area contributed by atoms with Crippen LogP contribution in [-0.4, -0.2) is 52.3 Å². The zero-order chi connectivity index (χ0) is 23.8. The van der Waals surface area contributed by atoms with E-state index >= 15 is 0 Å². The SMILES string of the molecule is CC(O[P+](=O)[C@@H](CCc1ccccc1)NC(=O)c1ccccc1)C(=O)N1CCC[C@H]1C(=O)O. The van der Waals surface area contributed by atoms with Crippen LogP contribution < -0.4 is 5.32 Å². The van der Waals surface area contributed by atoms with Crippen molar-refractivity contribution in [2.75, 3.05) is 6.54 Å². The third-order valence-electron chi connectivity index (χ3n) is 5.57. The van der Waals surface area contributed by atoms with Gasteiger partial charge in [-0.15, -0.1) is 4.52 Å². The van der Waals surface area contributed by atoms with Crippen molar-refractivity contribution >= 4 is 25.8 Å². The molecule has 0 bridgehead atoms. The summed E-state index contributed by atoms with van der Waals surface area (Å²) in [5, 5.41) is 12.1. The van der Waals surface area contributed by atoms with Crippen molar-refractivity contribution in [3.63, 3.8) is 0 Å². The highest BCUT2D eigenvalue weighted by Gasteiger charge is 2.42. The molecular formula is C24H28N2O6P+. The summed E-state index contributed by atoms with van der Waals surface area (Å²) < 4.78 is 18.7. The average Bonchev–Trinajstić information content (AvgIpc) is 3.32. The van der Waals surface area contributed by atoms with Gasteiger partial charge < -0.3 is 15.3 Å². The topological polar surface area (TPSA) is 113 Å². The summed E-state index contributed by atoms with van der Waals surface area (Å²) in [6.45, 7) is 1.78. The van der Waals surface area contributed by atoms with Crippen molar-refractivity contribution in [3.8, 4) is 0 Å². The maximum Gasteiger partial charge on any atom is 0.534 e. The zero-order valence-corrected chi connectivity index (χ0v) is 19.3. The Hall–Kier alpha value is -3.09. The Balaban J connectivity index is 1.68. The first-order valence-electron chi connectivity index (χ1n) is 10.9. The summed E-state index contributed by atoms with van der Waals surface area (Å²) >= 11 is 0. The number of carbonyl (C=O) groups excluding carboxylic acids is 2. The minimum Gasteiger partial charge on any atom is -0.480 e. The molecule has 3 rings (SSSR count). The molecule has 2 aromatic carbocycles. The number of benzene rings is 2. The summed E-state index contributed by atoms with van der Waals surface area (Å²) in [7, 11) is -2.46. The van der Waals surface area contributed by atoms with Gasteiger partial charge in [-0.2, -0.15) is 0 Å². The van der Waals surface area contributed by atoms with E-state index in [0.29, 0.717) is 37.8 Å². The number of nitrogens with zero attached hydrogens (tertiary/aromatic N) is 1. The predicted octanol–water partition coefficient (Wildman–Crippen LogP) is 3.60. The van der Waals surface area contributed by atoms with Gasteiger partial charge >= 0.3 is 14.0 Å². The van der Waals surface area contributed by atoms with Crippen molar-refractivity contribution in [1.82, 2.24) is 10.2 Å². The molecule has 2 N–H and O–H groups in total. The van der Waals surface area contributed by atoms with E-state index in [0.717, 1.165) is 5.56 Å². The lowest BCUT2D eigenvalue weighted by Crippen LogP contribution is -2.45. The molecule has 174 valence electrons. The largest absolute Gasteiger partial charge is 0.534 e. The monoisotopic (exact) mass is 471 g/mol. The van der Waals surface area contributed by atoms with E-state index in [1.807, 2.05) is 30.3 Å². The molecule has 1 heterocycles. The van der Waals surface area contributed by atoms with Gasteiger partial charge in [-0.05, 0) is 48.4 Å². The van der Waals surface area contributed by atoms with E-state index in [1.54, 1.807) is 30.3 Å². The van der Waals surface area contributed by atoms with Crippen molar-refractivity contribution in [1.29, 1.82) is 0 Å². The molecule has 9 heteroatoms. The first-order valence-corrected chi connectivity index (χ1v) is 12.2. The van der Waals surface area contributed by atoms with Crippen LogP contribution in [0.3, 0.4) is 0 Å². The molecule has 0 aromatic heterocycles. The number of rotatable bonds is 10. The molecule has 0 aliphatic carbocycles. The third-order valence-corrected chi connectivity index (χ3v) is 6.99. The fourth-order valence-electron chi connectivity index (χ4n) is 3.80. The second-order valence-corrected chi connectivity index (χ2v) is 9.35. The second kappa shape index (κ2) is 11.7. The van der Waals surface area contributed by atoms with Gasteiger partial charge in [-0.1, -0.05) is 48.5 Å². The molecule has 1 aliphatic heterocycles. The van der Waals surface area contributed by atoms with Crippen LogP contribution in [0.25, 0.3) is 0 Å². The molecule has 4 atom stereocenters. The van der Waals surface area contributed by atoms with Crippen LogP contribution in [0.1, 0.15) is 42.1 Å². The number of likely N-dealkylation sites (tertiary alicyclic amines) is 1. The predicted molar refractivity (Wildman–Crippen MR) is 123 cm³/mol. The Morgan fingerprint density at radius 3 is 2.39 bits per heavy atom. The molecule has 8 nitrogen and oxygen atoms in total. The Morgan fingerprint density at radius 1 is 1.12 bits per heavy atom. The molecule has 2 unspecified atom stereocenters. The number of aryl methyl sites for hydroxylation is 1. The van der Waals surface area contributed by atoms with Gasteiger partial charge in [-0.25, -0.2) is 4.79 Å². The van der Waals surface area contributed by atoms with Gasteiger partial charge in [0.15, 0.2) is 6.10 Å². The Bertz CT molecular complexity index is 985. The number of hydrogen-bond donors (Lipinski definition) is 2. The fourth-order valence-corrected chi connectivity index (χ4v) is 4.91. The highest BCUT2D eigenvalue weighted by Crippen LogP contribution is 2.34. The second-order valence-electron chi connectivity index (χ2n) is 7.94. The van der Waals surface area contributed by atoms with Gasteiger partial charge in [0.1, 0.15) is 6.04 Å². The zero-order valence-electron chi connectivity index (χ0n) is 18.4. The van der Waals surface area contributed by atoms with Crippen LogP contribution in [0.4, 0.5) is 0 Å². The number of carboxylic acid groups (broad SMARTS) is 1. The molecule has 1 fully saturated rings. The number of carboxylic acids is 1. The Kier molecular flexibility index (Phi) is 8.69. The van der Waals surface area contributed by atoms with E-state index in [-0.39, 0.29) is 5.91 Å². The highest BCUT2D eigenvalue weighted by molar-refractivity contribution is 7.40. The summed E-state index contributed by atoms with van der Waals surface area (Å²) in [6.07, 6.45) is 0.781. The molecule has 1 saturated heterocycles. The molecular weight excluding hydrogens is 443 g/mol. The molecule has 2 aromatic rings. The minimum absolute atomic E-state index is 0.322. The van der Waals surface area contributed by atoms with Crippen LogP contribution in [0.5, 0.6) is 0 Å². The maximum absolute atomic E-state index is 13.1. The van der Waals surface area contributed by atoms with E-state index in [1.165, 1.54) is 11.8 Å². The average molecular weight is 471 g/mol. The summed E-state index contributed by atoms with van der Waals surface area (Å²) in [6, 6.07) is 17.3. The lowest BCUT2D eigenvalue weighted by atomic mass is 10.1. The van der Waals surface area contributed by atoms with Crippen LogP contribution in [-0.2, 0) is 25.1 Å². The fraction of sp³-hybridized carbons (Fsp3) is 0.375. The molecule has 0 spiro atoms. The van der Waals surface area contributed by atoms with E-state index < -0.39 is 37.8 Å². The highest BCUT2D eigenvalue weighted by atomic mass is 31.1. The smallest absolute Gasteiger partial charge is 0.480 e. The van der Waals surface area contributed by atoms with Crippen molar-refractivity contribution in [2.24, 2.45) is 0 Å². The Labute approximate surface area is 193 Å². The number of nitrogens with one attached hydrogen (secondary N) is 1. The quantitative estimate of drug-likeness (QED) is 0.512. The Morgan fingerprint density at radius 2 is 1.76 bits per heavy atom. The molecule has 1 aliphatic rings. The van der Waals surface area contributed by atoms with Gasteiger partial charge in [0, 0.05) is 18.5 Å². The number of carbonyl (C=O) groups is 3. The molecule has 33 heavy (non-hydrogen) atoms. The molecule has 0 radical (unpaired) electrons. The number of hydrogen-bond acceptors (Lipinski definition) is 5. The minimum atomic E-state index is -2.46. The summed E-state index contributed by atoms with van der Waals surface area (Å²) in [4.78, 5) is 38.1. The van der Waals surface area contributed by atoms with Gasteiger partial charge in [0.25, 0.3) is 17.6 Å².